The van der Waals surface area contributed by atoms with Crippen LogP contribution in [0.3, 0.4) is 0 Å². The summed E-state index contributed by atoms with van der Waals surface area (Å²) in [5.41, 5.74) is 8.84. The number of nitrogens with zero attached hydrogens (tertiary/aromatic N) is 5. The first-order valence-electron chi connectivity index (χ1n) is 12.4. The molecule has 4 aromatic heterocycles. The summed E-state index contributed by atoms with van der Waals surface area (Å²) in [7, 11) is 0. The topological polar surface area (TPSA) is 147 Å². The number of nitrogen functional groups attached to an aromatic ring is 1. The highest BCUT2D eigenvalue weighted by Crippen LogP contribution is 2.35. The first-order valence-corrected chi connectivity index (χ1v) is 13.3. The molecule has 11 heteroatoms. The van der Waals surface area contributed by atoms with Crippen LogP contribution in [0.15, 0.2) is 42.0 Å². The number of carbonyl (C=O) groups excluding carboxylic acids is 2. The van der Waals surface area contributed by atoms with Gasteiger partial charge in [-0.1, -0.05) is 12.1 Å². The summed E-state index contributed by atoms with van der Waals surface area (Å²) < 4.78 is 1.49. The summed E-state index contributed by atoms with van der Waals surface area (Å²) >= 11 is 1.62. The Morgan fingerprint density at radius 2 is 1.92 bits per heavy atom. The standard InChI is InChI=1S/C27H30N6O4S/c1-15(34)21-22(16-8-10-32(11-9-16)26(36)23(35)27(2,3)37)31-25-18(14-30-33(25)24(21)28)17-6-7-19(29-13-17)20-5-4-12-38-20/h4-7,12-14,16,23,35,37H,8-11,28H2,1-3H3. The van der Waals surface area contributed by atoms with Crippen LogP contribution < -0.4 is 5.73 Å². The van der Waals surface area contributed by atoms with E-state index in [0.29, 0.717) is 42.8 Å². The number of hydrogen-bond donors (Lipinski definition) is 3. The molecule has 0 aromatic carbocycles. The number of anilines is 1. The lowest BCUT2D eigenvalue weighted by Gasteiger charge is -2.35. The van der Waals surface area contributed by atoms with Crippen molar-refractivity contribution in [1.82, 2.24) is 24.5 Å². The number of ketones is 1. The van der Waals surface area contributed by atoms with Crippen molar-refractivity contribution >= 4 is 34.5 Å². The molecule has 1 saturated heterocycles. The molecule has 1 aliphatic rings. The van der Waals surface area contributed by atoms with Crippen molar-refractivity contribution in [2.75, 3.05) is 18.8 Å². The number of pyridine rings is 1. The van der Waals surface area contributed by atoms with Crippen molar-refractivity contribution in [3.63, 3.8) is 0 Å². The summed E-state index contributed by atoms with van der Waals surface area (Å²) in [5.74, 6) is -0.612. The van der Waals surface area contributed by atoms with E-state index in [1.807, 2.05) is 29.6 Å². The average Bonchev–Trinajstić information content (AvgIpc) is 3.58. The maximum absolute atomic E-state index is 12.7. The van der Waals surface area contributed by atoms with Gasteiger partial charge in [0.15, 0.2) is 17.5 Å². The molecule has 198 valence electrons. The van der Waals surface area contributed by atoms with Gasteiger partial charge in [-0.2, -0.15) is 9.61 Å². The van der Waals surface area contributed by atoms with Crippen LogP contribution in [0.2, 0.25) is 0 Å². The number of likely N-dealkylation sites (tertiary alicyclic amines) is 1. The lowest BCUT2D eigenvalue weighted by molar-refractivity contribution is -0.153. The molecular weight excluding hydrogens is 504 g/mol. The summed E-state index contributed by atoms with van der Waals surface area (Å²) in [6, 6.07) is 7.92. The number of aromatic nitrogens is 4. The van der Waals surface area contributed by atoms with Crippen LogP contribution in [0.25, 0.3) is 27.3 Å². The third kappa shape index (κ3) is 4.68. The molecule has 4 aromatic rings. The number of carbonyl (C=O) groups is 2. The first kappa shape index (κ1) is 26.0. The zero-order chi connectivity index (χ0) is 27.2. The Morgan fingerprint density at radius 3 is 2.50 bits per heavy atom. The van der Waals surface area contributed by atoms with Crippen LogP contribution in [0.4, 0.5) is 5.82 Å². The SMILES string of the molecule is CC(=O)c1c(C2CCN(C(=O)C(O)C(C)(C)O)CC2)nc2c(-c3ccc(-c4cccs4)nc3)cnn2c1N. The molecule has 1 fully saturated rings. The van der Waals surface area contributed by atoms with E-state index in [1.54, 1.807) is 28.6 Å². The average molecular weight is 535 g/mol. The summed E-state index contributed by atoms with van der Waals surface area (Å²) in [4.78, 5) is 37.5. The fraction of sp³-hybridized carbons (Fsp3) is 0.370. The quantitative estimate of drug-likeness (QED) is 0.320. The highest BCUT2D eigenvalue weighted by atomic mass is 32.1. The second-order valence-electron chi connectivity index (χ2n) is 10.2. The number of piperidine rings is 1. The molecule has 0 aliphatic carbocycles. The van der Waals surface area contributed by atoms with Gasteiger partial charge in [0.25, 0.3) is 5.91 Å². The molecule has 1 atom stereocenters. The third-order valence-corrected chi connectivity index (χ3v) is 7.90. The molecule has 10 nitrogen and oxygen atoms in total. The van der Waals surface area contributed by atoms with Crippen molar-refractivity contribution in [3.8, 4) is 21.7 Å². The van der Waals surface area contributed by atoms with Crippen molar-refractivity contribution in [2.24, 2.45) is 0 Å². The molecule has 1 unspecified atom stereocenters. The number of rotatable bonds is 6. The Balaban J connectivity index is 1.47. The number of hydrogen-bond acceptors (Lipinski definition) is 9. The Labute approximate surface area is 223 Å². The number of fused-ring (bicyclic) bond motifs is 1. The number of nitrogens with two attached hydrogens (primary N) is 1. The minimum Gasteiger partial charge on any atom is -0.387 e. The monoisotopic (exact) mass is 534 g/mol. The lowest BCUT2D eigenvalue weighted by atomic mass is 9.88. The van der Waals surface area contributed by atoms with Crippen LogP contribution in [-0.2, 0) is 4.79 Å². The highest BCUT2D eigenvalue weighted by Gasteiger charge is 2.37. The Morgan fingerprint density at radius 1 is 1.18 bits per heavy atom. The molecule has 0 bridgehead atoms. The fourth-order valence-corrected chi connectivity index (χ4v) is 5.57. The molecule has 1 aliphatic heterocycles. The van der Waals surface area contributed by atoms with E-state index in [4.69, 9.17) is 10.7 Å². The van der Waals surface area contributed by atoms with E-state index >= 15 is 0 Å². The number of aliphatic hydroxyl groups is 2. The van der Waals surface area contributed by atoms with Gasteiger partial charge in [-0.3, -0.25) is 14.6 Å². The fourth-order valence-electron chi connectivity index (χ4n) is 4.86. The van der Waals surface area contributed by atoms with E-state index in [1.165, 1.54) is 25.3 Å². The molecule has 38 heavy (non-hydrogen) atoms. The maximum atomic E-state index is 12.7. The zero-order valence-corrected chi connectivity index (χ0v) is 22.3. The smallest absolute Gasteiger partial charge is 0.254 e. The van der Waals surface area contributed by atoms with Gasteiger partial charge >= 0.3 is 0 Å². The van der Waals surface area contributed by atoms with Crippen molar-refractivity contribution in [1.29, 1.82) is 0 Å². The molecule has 5 heterocycles. The van der Waals surface area contributed by atoms with Gasteiger partial charge < -0.3 is 20.8 Å². The summed E-state index contributed by atoms with van der Waals surface area (Å²) in [5, 5.41) is 26.7. The molecule has 0 spiro atoms. The van der Waals surface area contributed by atoms with Crippen molar-refractivity contribution in [3.05, 3.63) is 53.3 Å². The largest absolute Gasteiger partial charge is 0.387 e. The molecule has 4 N–H and O–H groups in total. The molecular formula is C27H30N6O4S. The first-order chi connectivity index (χ1) is 18.1. The van der Waals surface area contributed by atoms with Gasteiger partial charge in [-0.25, -0.2) is 4.98 Å². The van der Waals surface area contributed by atoms with Crippen LogP contribution in [0, 0.1) is 0 Å². The van der Waals surface area contributed by atoms with Gasteiger partial charge in [0.05, 0.1) is 33.6 Å². The van der Waals surface area contributed by atoms with Gasteiger partial charge in [-0.05, 0) is 51.1 Å². The Bertz CT molecular complexity index is 1480. The third-order valence-electron chi connectivity index (χ3n) is 7.01. The predicted molar refractivity (Wildman–Crippen MR) is 145 cm³/mol. The zero-order valence-electron chi connectivity index (χ0n) is 21.5. The second-order valence-corrected chi connectivity index (χ2v) is 11.1. The number of Topliss-reactive ketones (excluding diaryl/α,β-unsaturated/α-hetero) is 1. The normalized spacial score (nSPS) is 15.7. The summed E-state index contributed by atoms with van der Waals surface area (Å²) in [6.07, 6.45) is 3.02. The minimum atomic E-state index is -1.54. The van der Waals surface area contributed by atoms with Crippen LogP contribution in [0.5, 0.6) is 0 Å². The maximum Gasteiger partial charge on any atom is 0.254 e. The van der Waals surface area contributed by atoms with Gasteiger partial charge in [-0.15, -0.1) is 11.3 Å². The van der Waals surface area contributed by atoms with Crippen LogP contribution in [-0.4, -0.2) is 71.2 Å². The summed E-state index contributed by atoms with van der Waals surface area (Å²) in [6.45, 7) is 4.98. The van der Waals surface area contributed by atoms with Crippen molar-refractivity contribution in [2.45, 2.75) is 51.2 Å². The van der Waals surface area contributed by atoms with Gasteiger partial charge in [0, 0.05) is 36.3 Å². The predicted octanol–water partition coefficient (Wildman–Crippen LogP) is 3.14. The number of aliphatic hydroxyl groups excluding tert-OH is 1. The van der Waals surface area contributed by atoms with Crippen LogP contribution in [0.1, 0.15) is 55.6 Å². The van der Waals surface area contributed by atoms with E-state index in [0.717, 1.165) is 21.7 Å². The minimum absolute atomic E-state index is 0.119. The molecule has 0 saturated carbocycles. The number of amides is 1. The second kappa shape index (κ2) is 9.90. The van der Waals surface area contributed by atoms with Crippen molar-refractivity contribution < 1.29 is 19.8 Å². The molecule has 1 amide bonds. The number of thiophene rings is 1. The lowest BCUT2D eigenvalue weighted by Crippen LogP contribution is -2.51. The Kier molecular flexibility index (Phi) is 6.76. The van der Waals surface area contributed by atoms with E-state index < -0.39 is 17.6 Å². The van der Waals surface area contributed by atoms with E-state index in [9.17, 15) is 19.8 Å². The van der Waals surface area contributed by atoms with E-state index in [2.05, 4.69) is 10.1 Å². The van der Waals surface area contributed by atoms with Gasteiger partial charge in [0.2, 0.25) is 0 Å². The molecule has 0 radical (unpaired) electrons. The van der Waals surface area contributed by atoms with E-state index in [-0.39, 0.29) is 17.5 Å². The van der Waals surface area contributed by atoms with Gasteiger partial charge in [0.1, 0.15) is 5.82 Å². The van der Waals surface area contributed by atoms with Crippen LogP contribution >= 0.6 is 11.3 Å². The highest BCUT2D eigenvalue weighted by molar-refractivity contribution is 7.13. The molecule has 5 rings (SSSR count). The Hall–Kier alpha value is -3.67.